The first-order valence-corrected chi connectivity index (χ1v) is 12.3. The molecule has 1 heterocycles. The molecule has 4 aromatic rings. The van der Waals surface area contributed by atoms with Gasteiger partial charge < -0.3 is 28.3 Å². The molecule has 0 fully saturated rings. The fourth-order valence-corrected chi connectivity index (χ4v) is 3.89. The second-order valence-corrected chi connectivity index (χ2v) is 8.45. The van der Waals surface area contributed by atoms with E-state index in [1.54, 1.807) is 7.11 Å². The summed E-state index contributed by atoms with van der Waals surface area (Å²) in [6.07, 6.45) is 0.616. The van der Waals surface area contributed by atoms with E-state index in [4.69, 9.17) is 28.3 Å². The standard InChI is InChI=1S/C29H32N2O6/c1-4-26(28(32)34-3)36-24-10-7-9-21(19-24)20-31(29-30-25-11-5-6-12-27(25)37-29)17-8-18-35-23-15-13-22(33-2)14-16-23/h5-7,9-16,19,26H,4,8,17-18,20H2,1-3H3/t26-/m1/s1. The van der Waals surface area contributed by atoms with Gasteiger partial charge in [-0.3, -0.25) is 0 Å². The maximum Gasteiger partial charge on any atom is 0.347 e. The van der Waals surface area contributed by atoms with Crippen LogP contribution >= 0.6 is 0 Å². The number of carbonyl (C=O) groups excluding carboxylic acids is 1. The molecule has 37 heavy (non-hydrogen) atoms. The van der Waals surface area contributed by atoms with Crippen molar-refractivity contribution in [1.29, 1.82) is 0 Å². The van der Waals surface area contributed by atoms with E-state index in [1.165, 1.54) is 7.11 Å². The topological polar surface area (TPSA) is 83.3 Å². The zero-order valence-corrected chi connectivity index (χ0v) is 21.4. The van der Waals surface area contributed by atoms with Crippen molar-refractivity contribution in [2.24, 2.45) is 0 Å². The van der Waals surface area contributed by atoms with Gasteiger partial charge >= 0.3 is 5.97 Å². The quantitative estimate of drug-likeness (QED) is 0.171. The highest BCUT2D eigenvalue weighted by Gasteiger charge is 2.20. The van der Waals surface area contributed by atoms with Crippen LogP contribution in [0.5, 0.6) is 17.2 Å². The number of hydrogen-bond donors (Lipinski definition) is 0. The number of rotatable bonds is 13. The van der Waals surface area contributed by atoms with E-state index in [1.807, 2.05) is 79.7 Å². The summed E-state index contributed by atoms with van der Waals surface area (Å²) in [7, 11) is 3.00. The fraction of sp³-hybridized carbons (Fsp3) is 0.310. The maximum atomic E-state index is 12.0. The highest BCUT2D eigenvalue weighted by Crippen LogP contribution is 2.25. The molecular weight excluding hydrogens is 472 g/mol. The Morgan fingerprint density at radius 2 is 1.76 bits per heavy atom. The highest BCUT2D eigenvalue weighted by atomic mass is 16.6. The van der Waals surface area contributed by atoms with Gasteiger partial charge in [-0.1, -0.05) is 31.2 Å². The predicted octanol–water partition coefficient (Wildman–Crippen LogP) is 5.64. The molecule has 0 unspecified atom stereocenters. The number of ether oxygens (including phenoxy) is 4. The van der Waals surface area contributed by atoms with E-state index in [0.717, 1.165) is 34.6 Å². The molecule has 8 nitrogen and oxygen atoms in total. The normalized spacial score (nSPS) is 11.6. The molecule has 194 valence electrons. The summed E-state index contributed by atoms with van der Waals surface area (Å²) in [5, 5.41) is 0. The summed E-state index contributed by atoms with van der Waals surface area (Å²) >= 11 is 0. The van der Waals surface area contributed by atoms with E-state index in [9.17, 15) is 4.79 Å². The number of esters is 1. The van der Waals surface area contributed by atoms with Gasteiger partial charge in [0, 0.05) is 13.1 Å². The fourth-order valence-electron chi connectivity index (χ4n) is 3.89. The van der Waals surface area contributed by atoms with Crippen LogP contribution in [0.1, 0.15) is 25.3 Å². The number of methoxy groups -OCH3 is 2. The summed E-state index contributed by atoms with van der Waals surface area (Å²) in [6, 6.07) is 23.4. The van der Waals surface area contributed by atoms with Crippen molar-refractivity contribution in [2.75, 3.05) is 32.3 Å². The van der Waals surface area contributed by atoms with Gasteiger partial charge in [-0.05, 0) is 66.9 Å². The second-order valence-electron chi connectivity index (χ2n) is 8.45. The minimum absolute atomic E-state index is 0.391. The summed E-state index contributed by atoms with van der Waals surface area (Å²) in [6.45, 7) is 3.62. The number of hydrogen-bond acceptors (Lipinski definition) is 8. The van der Waals surface area contributed by atoms with Gasteiger partial charge in [0.15, 0.2) is 11.7 Å². The molecule has 0 bridgehead atoms. The average Bonchev–Trinajstić information content (AvgIpc) is 3.38. The zero-order valence-electron chi connectivity index (χ0n) is 21.4. The van der Waals surface area contributed by atoms with Crippen LogP contribution in [0.25, 0.3) is 11.1 Å². The molecule has 8 heteroatoms. The molecule has 0 saturated heterocycles. The minimum Gasteiger partial charge on any atom is -0.497 e. The van der Waals surface area contributed by atoms with Crippen molar-refractivity contribution in [1.82, 2.24) is 4.98 Å². The summed E-state index contributed by atoms with van der Waals surface area (Å²) in [4.78, 5) is 18.7. The number of carbonyl (C=O) groups is 1. The first kappa shape index (κ1) is 25.9. The summed E-state index contributed by atoms with van der Waals surface area (Å²) in [5.74, 6) is 1.79. The first-order chi connectivity index (χ1) is 18.1. The molecule has 0 aliphatic carbocycles. The van der Waals surface area contributed by atoms with Crippen LogP contribution in [0, 0.1) is 0 Å². The minimum atomic E-state index is -0.650. The van der Waals surface area contributed by atoms with Crippen LogP contribution in [0.3, 0.4) is 0 Å². The molecule has 0 amide bonds. The lowest BCUT2D eigenvalue weighted by molar-refractivity contribution is -0.148. The Kier molecular flexibility index (Phi) is 8.86. The summed E-state index contributed by atoms with van der Waals surface area (Å²) in [5.41, 5.74) is 2.53. The van der Waals surface area contributed by atoms with Gasteiger partial charge in [-0.15, -0.1) is 0 Å². The lowest BCUT2D eigenvalue weighted by Gasteiger charge is -2.22. The number of anilines is 1. The van der Waals surface area contributed by atoms with E-state index in [-0.39, 0.29) is 0 Å². The van der Waals surface area contributed by atoms with Gasteiger partial charge in [0.1, 0.15) is 22.8 Å². The van der Waals surface area contributed by atoms with Gasteiger partial charge in [0.25, 0.3) is 6.01 Å². The lowest BCUT2D eigenvalue weighted by Crippen LogP contribution is -2.28. The highest BCUT2D eigenvalue weighted by molar-refractivity contribution is 5.75. The Morgan fingerprint density at radius 3 is 2.49 bits per heavy atom. The largest absolute Gasteiger partial charge is 0.497 e. The number of aromatic nitrogens is 1. The second kappa shape index (κ2) is 12.7. The van der Waals surface area contributed by atoms with E-state index < -0.39 is 12.1 Å². The van der Waals surface area contributed by atoms with E-state index in [2.05, 4.69) is 4.90 Å². The number of oxazole rings is 1. The van der Waals surface area contributed by atoms with Crippen molar-refractivity contribution in [3.63, 3.8) is 0 Å². The molecule has 0 aliphatic heterocycles. The Morgan fingerprint density at radius 1 is 0.973 bits per heavy atom. The van der Waals surface area contributed by atoms with Gasteiger partial charge in [-0.2, -0.15) is 4.98 Å². The number of nitrogens with zero attached hydrogens (tertiary/aromatic N) is 2. The third kappa shape index (κ3) is 6.94. The van der Waals surface area contributed by atoms with Crippen LogP contribution in [-0.4, -0.2) is 44.4 Å². The third-order valence-corrected chi connectivity index (χ3v) is 5.84. The predicted molar refractivity (Wildman–Crippen MR) is 141 cm³/mol. The molecule has 0 aliphatic rings. The van der Waals surface area contributed by atoms with E-state index >= 15 is 0 Å². The van der Waals surface area contributed by atoms with Crippen molar-refractivity contribution in [3.8, 4) is 17.2 Å². The molecule has 1 atom stereocenters. The number of para-hydroxylation sites is 2. The summed E-state index contributed by atoms with van der Waals surface area (Å²) < 4.78 is 27.9. The Hall–Kier alpha value is -4.20. The van der Waals surface area contributed by atoms with Crippen LogP contribution in [0.15, 0.2) is 77.2 Å². The zero-order chi connectivity index (χ0) is 26.0. The smallest absolute Gasteiger partial charge is 0.347 e. The average molecular weight is 505 g/mol. The Labute approximate surface area is 216 Å². The molecule has 3 aromatic carbocycles. The molecule has 0 N–H and O–H groups in total. The molecule has 0 spiro atoms. The molecular formula is C29H32N2O6. The molecule has 0 radical (unpaired) electrons. The SMILES string of the molecule is CC[C@@H](Oc1cccc(CN(CCCOc2ccc(OC)cc2)c2nc3ccccc3o2)c1)C(=O)OC. The molecule has 1 aromatic heterocycles. The van der Waals surface area contributed by atoms with E-state index in [0.29, 0.717) is 37.9 Å². The Balaban J connectivity index is 1.46. The van der Waals surface area contributed by atoms with Crippen LogP contribution < -0.4 is 19.1 Å². The van der Waals surface area contributed by atoms with Crippen LogP contribution in [-0.2, 0) is 16.1 Å². The monoisotopic (exact) mass is 504 g/mol. The number of fused-ring (bicyclic) bond motifs is 1. The van der Waals surface area contributed by atoms with Gasteiger partial charge in [-0.25, -0.2) is 4.79 Å². The van der Waals surface area contributed by atoms with Crippen molar-refractivity contribution >= 4 is 23.1 Å². The lowest BCUT2D eigenvalue weighted by atomic mass is 10.2. The first-order valence-electron chi connectivity index (χ1n) is 12.3. The van der Waals surface area contributed by atoms with Crippen molar-refractivity contribution in [2.45, 2.75) is 32.4 Å². The Bertz CT molecular complexity index is 1250. The van der Waals surface area contributed by atoms with Crippen LogP contribution in [0.4, 0.5) is 6.01 Å². The number of benzene rings is 3. The van der Waals surface area contributed by atoms with Crippen LogP contribution in [0.2, 0.25) is 0 Å². The van der Waals surface area contributed by atoms with Gasteiger partial charge in [0.05, 0.1) is 20.8 Å². The molecule has 0 saturated carbocycles. The van der Waals surface area contributed by atoms with Gasteiger partial charge in [0.2, 0.25) is 0 Å². The van der Waals surface area contributed by atoms with Crippen molar-refractivity contribution < 1.29 is 28.2 Å². The molecule has 4 rings (SSSR count). The maximum absolute atomic E-state index is 12.0. The van der Waals surface area contributed by atoms with Crippen molar-refractivity contribution in [3.05, 3.63) is 78.4 Å². The third-order valence-electron chi connectivity index (χ3n) is 5.84.